The Morgan fingerprint density at radius 1 is 1.42 bits per heavy atom. The van der Waals surface area contributed by atoms with Crippen LogP contribution in [-0.2, 0) is 0 Å². The van der Waals surface area contributed by atoms with Crippen molar-refractivity contribution in [3.05, 3.63) is 0 Å². The summed E-state index contributed by atoms with van der Waals surface area (Å²) in [6, 6.07) is 0. The summed E-state index contributed by atoms with van der Waals surface area (Å²) in [6.07, 6.45) is 1.91. The highest BCUT2D eigenvalue weighted by atomic mass is 35.5. The fourth-order valence-corrected chi connectivity index (χ4v) is 0.760. The molecule has 0 amide bonds. The Balaban J connectivity index is 0. The maximum Gasteiger partial charge on any atom is 0.0928 e. The maximum absolute atomic E-state index is 7.30. The summed E-state index contributed by atoms with van der Waals surface area (Å²) in [5.74, 6) is 0.642. The van der Waals surface area contributed by atoms with E-state index in [1.54, 1.807) is 0 Å². The van der Waals surface area contributed by atoms with Gasteiger partial charge in [0.15, 0.2) is 0 Å². The molecule has 0 aliphatic carbocycles. The number of nitrogens with zero attached hydrogens (tertiary/aromatic N) is 1. The lowest BCUT2D eigenvalue weighted by atomic mass is 10.3. The van der Waals surface area contributed by atoms with Gasteiger partial charge < -0.3 is 10.2 Å². The molecule has 12 heavy (non-hydrogen) atoms. The molecule has 0 rings (SSSR count). The van der Waals surface area contributed by atoms with Gasteiger partial charge in [-0.3, -0.25) is 5.41 Å². The van der Waals surface area contributed by atoms with Gasteiger partial charge in [-0.05, 0) is 27.1 Å². The van der Waals surface area contributed by atoms with Gasteiger partial charge in [0.1, 0.15) is 0 Å². The van der Waals surface area contributed by atoms with E-state index in [2.05, 4.69) is 24.3 Å². The topological polar surface area (TPSA) is 39.1 Å². The molecule has 0 aromatic rings. The van der Waals surface area contributed by atoms with E-state index in [0.29, 0.717) is 5.84 Å². The molecule has 0 saturated heterocycles. The smallest absolute Gasteiger partial charge is 0.0928 e. The number of halogens is 1. The molecule has 0 heterocycles. The Bertz CT molecular complexity index is 115. The first-order chi connectivity index (χ1) is 5.16. The molecule has 0 aliphatic heterocycles. The van der Waals surface area contributed by atoms with Gasteiger partial charge in [0.05, 0.1) is 5.84 Å². The standard InChI is InChI=1S/C8H19N3.ClH/c1-4-8(9)10-6-5-7-11(2)3;/h4-7H2,1-3H3,(H2,9,10);1H. The van der Waals surface area contributed by atoms with Crippen LogP contribution in [-0.4, -0.2) is 37.9 Å². The summed E-state index contributed by atoms with van der Waals surface area (Å²) in [4.78, 5) is 2.15. The summed E-state index contributed by atoms with van der Waals surface area (Å²) in [5, 5.41) is 10.3. The van der Waals surface area contributed by atoms with E-state index in [0.717, 1.165) is 25.9 Å². The van der Waals surface area contributed by atoms with Crippen molar-refractivity contribution in [2.75, 3.05) is 27.2 Å². The van der Waals surface area contributed by atoms with Crippen LogP contribution in [0.25, 0.3) is 0 Å². The molecule has 0 unspecified atom stereocenters. The van der Waals surface area contributed by atoms with Gasteiger partial charge in [0.25, 0.3) is 0 Å². The Morgan fingerprint density at radius 3 is 2.42 bits per heavy atom. The quantitative estimate of drug-likeness (QED) is 0.393. The van der Waals surface area contributed by atoms with Gasteiger partial charge in [0.2, 0.25) is 0 Å². The van der Waals surface area contributed by atoms with E-state index in [9.17, 15) is 0 Å². The molecule has 0 bridgehead atoms. The third-order valence-corrected chi connectivity index (χ3v) is 1.47. The molecular formula is C8H20ClN3. The van der Waals surface area contributed by atoms with E-state index in [-0.39, 0.29) is 12.4 Å². The monoisotopic (exact) mass is 193 g/mol. The lowest BCUT2D eigenvalue weighted by Crippen LogP contribution is -2.25. The summed E-state index contributed by atoms with van der Waals surface area (Å²) in [6.45, 7) is 4.00. The second kappa shape index (κ2) is 8.81. The van der Waals surface area contributed by atoms with Crippen LogP contribution in [0.3, 0.4) is 0 Å². The zero-order valence-electron chi connectivity index (χ0n) is 8.18. The second-order valence-corrected chi connectivity index (χ2v) is 2.92. The van der Waals surface area contributed by atoms with Crippen LogP contribution in [0.5, 0.6) is 0 Å². The first-order valence-electron chi connectivity index (χ1n) is 4.12. The van der Waals surface area contributed by atoms with Crippen LogP contribution in [0.4, 0.5) is 0 Å². The number of nitrogens with one attached hydrogen (secondary N) is 2. The van der Waals surface area contributed by atoms with Gasteiger partial charge in [-0.2, -0.15) is 0 Å². The van der Waals surface area contributed by atoms with Crippen LogP contribution in [0, 0.1) is 5.41 Å². The van der Waals surface area contributed by atoms with Crippen LogP contribution >= 0.6 is 12.4 Å². The van der Waals surface area contributed by atoms with Crippen LogP contribution in [0.1, 0.15) is 19.8 Å². The Hall–Kier alpha value is -0.280. The van der Waals surface area contributed by atoms with Crippen molar-refractivity contribution in [2.24, 2.45) is 0 Å². The molecule has 3 nitrogen and oxygen atoms in total. The molecule has 0 aromatic carbocycles. The molecule has 74 valence electrons. The predicted octanol–water partition coefficient (Wildman–Crippen LogP) is 1.34. The van der Waals surface area contributed by atoms with E-state index in [4.69, 9.17) is 5.41 Å². The van der Waals surface area contributed by atoms with Crippen molar-refractivity contribution in [3.63, 3.8) is 0 Å². The molecule has 0 fully saturated rings. The van der Waals surface area contributed by atoms with E-state index >= 15 is 0 Å². The van der Waals surface area contributed by atoms with Crippen LogP contribution < -0.4 is 5.32 Å². The van der Waals surface area contributed by atoms with E-state index < -0.39 is 0 Å². The Kier molecular flexibility index (Phi) is 10.5. The summed E-state index contributed by atoms with van der Waals surface area (Å²) in [5.41, 5.74) is 0. The van der Waals surface area contributed by atoms with Crippen LogP contribution in [0.2, 0.25) is 0 Å². The van der Waals surface area contributed by atoms with E-state index in [1.807, 2.05) is 6.92 Å². The second-order valence-electron chi connectivity index (χ2n) is 2.92. The largest absolute Gasteiger partial charge is 0.374 e. The highest BCUT2D eigenvalue weighted by Gasteiger charge is 1.92. The average molecular weight is 194 g/mol. The van der Waals surface area contributed by atoms with Crippen molar-refractivity contribution < 1.29 is 0 Å². The van der Waals surface area contributed by atoms with Crippen LogP contribution in [0.15, 0.2) is 0 Å². The van der Waals surface area contributed by atoms with Crippen molar-refractivity contribution in [1.82, 2.24) is 10.2 Å². The van der Waals surface area contributed by atoms with Gasteiger partial charge in [-0.25, -0.2) is 0 Å². The molecule has 4 heteroatoms. The molecule has 0 aromatic heterocycles. The third kappa shape index (κ3) is 9.72. The maximum atomic E-state index is 7.30. The molecule has 0 spiro atoms. The van der Waals surface area contributed by atoms with Crippen molar-refractivity contribution >= 4 is 18.2 Å². The average Bonchev–Trinajstić information content (AvgIpc) is 1.97. The molecule has 0 saturated carbocycles. The number of amidine groups is 1. The summed E-state index contributed by atoms with van der Waals surface area (Å²) >= 11 is 0. The zero-order chi connectivity index (χ0) is 8.69. The third-order valence-electron chi connectivity index (χ3n) is 1.47. The molecular weight excluding hydrogens is 174 g/mol. The minimum Gasteiger partial charge on any atom is -0.374 e. The van der Waals surface area contributed by atoms with Crippen molar-refractivity contribution in [3.8, 4) is 0 Å². The SMILES string of the molecule is CCC(=N)NCCCN(C)C.Cl. The summed E-state index contributed by atoms with van der Waals surface area (Å²) in [7, 11) is 4.12. The van der Waals surface area contributed by atoms with Crippen molar-refractivity contribution in [2.45, 2.75) is 19.8 Å². The number of hydrogen-bond donors (Lipinski definition) is 2. The first-order valence-corrected chi connectivity index (χ1v) is 4.12. The highest BCUT2D eigenvalue weighted by Crippen LogP contribution is 1.82. The molecule has 0 atom stereocenters. The lowest BCUT2D eigenvalue weighted by molar-refractivity contribution is 0.400. The minimum atomic E-state index is 0. The molecule has 2 N–H and O–H groups in total. The Morgan fingerprint density at radius 2 is 2.00 bits per heavy atom. The van der Waals surface area contributed by atoms with Gasteiger partial charge in [-0.15, -0.1) is 12.4 Å². The van der Waals surface area contributed by atoms with Gasteiger partial charge >= 0.3 is 0 Å². The number of hydrogen-bond acceptors (Lipinski definition) is 2. The first kappa shape index (κ1) is 14.3. The van der Waals surface area contributed by atoms with Gasteiger partial charge in [0, 0.05) is 13.0 Å². The fraction of sp³-hybridized carbons (Fsp3) is 0.875. The minimum absolute atomic E-state index is 0. The summed E-state index contributed by atoms with van der Waals surface area (Å²) < 4.78 is 0. The Labute approximate surface area is 81.4 Å². The van der Waals surface area contributed by atoms with E-state index in [1.165, 1.54) is 0 Å². The molecule has 0 radical (unpaired) electrons. The normalized spacial score (nSPS) is 9.33. The van der Waals surface area contributed by atoms with Gasteiger partial charge in [-0.1, -0.05) is 6.92 Å². The highest BCUT2D eigenvalue weighted by molar-refractivity contribution is 5.85. The van der Waals surface area contributed by atoms with Crippen molar-refractivity contribution in [1.29, 1.82) is 5.41 Å². The zero-order valence-corrected chi connectivity index (χ0v) is 9.00. The fourth-order valence-electron chi connectivity index (χ4n) is 0.760. The number of rotatable bonds is 5. The molecule has 0 aliphatic rings. The predicted molar refractivity (Wildman–Crippen MR) is 56.4 cm³/mol. The lowest BCUT2D eigenvalue weighted by Gasteiger charge is -2.10.